The van der Waals surface area contributed by atoms with Gasteiger partial charge >= 0.3 is 0 Å². The van der Waals surface area contributed by atoms with Crippen molar-refractivity contribution in [2.75, 3.05) is 0 Å². The Morgan fingerprint density at radius 1 is 1.39 bits per heavy atom. The van der Waals surface area contributed by atoms with Crippen LogP contribution in [-0.4, -0.2) is 11.0 Å². The number of aryl methyl sites for hydroxylation is 1. The first-order valence-corrected chi connectivity index (χ1v) is 7.29. The summed E-state index contributed by atoms with van der Waals surface area (Å²) in [5.41, 5.74) is 2.68. The molecule has 2 rings (SSSR count). The molecule has 1 N–H and O–H groups in total. The standard InChI is InChI=1S/C16H26N2/c1-12(2)14-5-4-6-16(9-14)18-11-15-7-8-17-10-13(15)3/h7-8,10,12,14,16,18H,4-6,9,11H2,1-3H3. The average molecular weight is 246 g/mol. The second-order valence-electron chi connectivity index (χ2n) is 6.05. The van der Waals surface area contributed by atoms with Crippen LogP contribution >= 0.6 is 0 Å². The van der Waals surface area contributed by atoms with Crippen molar-refractivity contribution in [1.82, 2.24) is 10.3 Å². The highest BCUT2D eigenvalue weighted by Gasteiger charge is 2.23. The summed E-state index contributed by atoms with van der Waals surface area (Å²) >= 11 is 0. The highest BCUT2D eigenvalue weighted by Crippen LogP contribution is 2.30. The minimum Gasteiger partial charge on any atom is -0.310 e. The summed E-state index contributed by atoms with van der Waals surface area (Å²) < 4.78 is 0. The summed E-state index contributed by atoms with van der Waals surface area (Å²) in [6.45, 7) is 7.85. The molecule has 1 heterocycles. The molecule has 2 atom stereocenters. The SMILES string of the molecule is Cc1cnccc1CNC1CCCC(C(C)C)C1. The Morgan fingerprint density at radius 2 is 2.22 bits per heavy atom. The molecule has 0 spiro atoms. The average Bonchev–Trinajstić information content (AvgIpc) is 2.38. The highest BCUT2D eigenvalue weighted by atomic mass is 14.9. The molecule has 1 aliphatic carbocycles. The summed E-state index contributed by atoms with van der Waals surface area (Å²) in [6.07, 6.45) is 9.34. The Morgan fingerprint density at radius 3 is 2.94 bits per heavy atom. The van der Waals surface area contributed by atoms with Gasteiger partial charge in [-0.15, -0.1) is 0 Å². The lowest BCUT2D eigenvalue weighted by Crippen LogP contribution is -2.35. The van der Waals surface area contributed by atoms with E-state index >= 15 is 0 Å². The molecule has 1 aliphatic rings. The summed E-state index contributed by atoms with van der Waals surface area (Å²) in [6, 6.07) is 2.84. The zero-order valence-corrected chi connectivity index (χ0v) is 11.9. The highest BCUT2D eigenvalue weighted by molar-refractivity contribution is 5.21. The first kappa shape index (κ1) is 13.5. The van der Waals surface area contributed by atoms with Gasteiger partial charge in [-0.05, 0) is 48.8 Å². The zero-order valence-electron chi connectivity index (χ0n) is 11.9. The van der Waals surface area contributed by atoms with E-state index in [9.17, 15) is 0 Å². The van der Waals surface area contributed by atoms with Gasteiger partial charge in [0.15, 0.2) is 0 Å². The van der Waals surface area contributed by atoms with Crippen LogP contribution < -0.4 is 5.32 Å². The Hall–Kier alpha value is -0.890. The molecule has 2 heteroatoms. The minimum absolute atomic E-state index is 0.707. The fourth-order valence-electron chi connectivity index (χ4n) is 2.97. The third-order valence-electron chi connectivity index (χ3n) is 4.38. The smallest absolute Gasteiger partial charge is 0.0300 e. The van der Waals surface area contributed by atoms with Crippen LogP contribution in [0, 0.1) is 18.8 Å². The van der Waals surface area contributed by atoms with E-state index in [1.165, 1.54) is 36.8 Å². The molecule has 18 heavy (non-hydrogen) atoms. The fraction of sp³-hybridized carbons (Fsp3) is 0.688. The first-order valence-electron chi connectivity index (χ1n) is 7.29. The van der Waals surface area contributed by atoms with Gasteiger partial charge in [-0.3, -0.25) is 4.98 Å². The molecule has 1 saturated carbocycles. The van der Waals surface area contributed by atoms with Crippen molar-refractivity contribution in [2.24, 2.45) is 11.8 Å². The van der Waals surface area contributed by atoms with Gasteiger partial charge in [0.1, 0.15) is 0 Å². The van der Waals surface area contributed by atoms with Gasteiger partial charge in [0.05, 0.1) is 0 Å². The Bertz CT molecular complexity index is 373. The Labute approximate surface area is 111 Å². The number of hydrogen-bond donors (Lipinski definition) is 1. The van der Waals surface area contributed by atoms with Crippen molar-refractivity contribution < 1.29 is 0 Å². The Kier molecular flexibility index (Phi) is 4.76. The van der Waals surface area contributed by atoms with Crippen LogP contribution in [0.1, 0.15) is 50.7 Å². The number of hydrogen-bond acceptors (Lipinski definition) is 2. The molecule has 0 amide bonds. The van der Waals surface area contributed by atoms with E-state index in [2.05, 4.69) is 37.1 Å². The summed E-state index contributed by atoms with van der Waals surface area (Å²) in [7, 11) is 0. The monoisotopic (exact) mass is 246 g/mol. The van der Waals surface area contributed by atoms with Crippen LogP contribution in [-0.2, 0) is 6.54 Å². The maximum atomic E-state index is 4.15. The number of pyridine rings is 1. The molecule has 0 bridgehead atoms. The van der Waals surface area contributed by atoms with Gasteiger partial charge in [0.2, 0.25) is 0 Å². The largest absolute Gasteiger partial charge is 0.310 e. The lowest BCUT2D eigenvalue weighted by molar-refractivity contribution is 0.230. The van der Waals surface area contributed by atoms with Gasteiger partial charge in [0, 0.05) is 25.0 Å². The van der Waals surface area contributed by atoms with Gasteiger partial charge in [-0.25, -0.2) is 0 Å². The quantitative estimate of drug-likeness (QED) is 0.876. The normalized spacial score (nSPS) is 24.4. The molecule has 0 aromatic carbocycles. The van der Waals surface area contributed by atoms with Gasteiger partial charge in [0.25, 0.3) is 0 Å². The maximum Gasteiger partial charge on any atom is 0.0300 e. The fourth-order valence-corrected chi connectivity index (χ4v) is 2.97. The molecule has 2 nitrogen and oxygen atoms in total. The van der Waals surface area contributed by atoms with Crippen LogP contribution in [0.4, 0.5) is 0 Å². The summed E-state index contributed by atoms with van der Waals surface area (Å²) in [4.78, 5) is 4.15. The molecular weight excluding hydrogens is 220 g/mol. The molecule has 2 unspecified atom stereocenters. The molecule has 1 fully saturated rings. The molecule has 1 aromatic rings. The van der Waals surface area contributed by atoms with Crippen molar-refractivity contribution in [1.29, 1.82) is 0 Å². The van der Waals surface area contributed by atoms with Gasteiger partial charge in [-0.2, -0.15) is 0 Å². The van der Waals surface area contributed by atoms with Crippen LogP contribution in [0.15, 0.2) is 18.5 Å². The molecular formula is C16H26N2. The van der Waals surface area contributed by atoms with E-state index in [4.69, 9.17) is 0 Å². The van der Waals surface area contributed by atoms with Gasteiger partial charge in [-0.1, -0.05) is 26.7 Å². The Balaban J connectivity index is 1.85. The van der Waals surface area contributed by atoms with Crippen LogP contribution in [0.3, 0.4) is 0 Å². The molecule has 1 aromatic heterocycles. The van der Waals surface area contributed by atoms with E-state index in [0.717, 1.165) is 18.4 Å². The summed E-state index contributed by atoms with van der Waals surface area (Å²) in [5, 5.41) is 3.74. The second kappa shape index (κ2) is 6.33. The number of rotatable bonds is 4. The molecule has 0 saturated heterocycles. The van der Waals surface area contributed by atoms with Crippen molar-refractivity contribution in [3.8, 4) is 0 Å². The van der Waals surface area contributed by atoms with Gasteiger partial charge < -0.3 is 5.32 Å². The molecule has 0 radical (unpaired) electrons. The zero-order chi connectivity index (χ0) is 13.0. The van der Waals surface area contributed by atoms with E-state index in [1.54, 1.807) is 0 Å². The van der Waals surface area contributed by atoms with E-state index in [0.29, 0.717) is 6.04 Å². The number of aromatic nitrogens is 1. The van der Waals surface area contributed by atoms with E-state index in [1.807, 2.05) is 12.4 Å². The van der Waals surface area contributed by atoms with Crippen molar-refractivity contribution in [2.45, 2.75) is 59.0 Å². The lowest BCUT2D eigenvalue weighted by Gasteiger charge is -2.32. The van der Waals surface area contributed by atoms with Crippen LogP contribution in [0.5, 0.6) is 0 Å². The van der Waals surface area contributed by atoms with Crippen molar-refractivity contribution in [3.63, 3.8) is 0 Å². The van der Waals surface area contributed by atoms with E-state index < -0.39 is 0 Å². The summed E-state index contributed by atoms with van der Waals surface area (Å²) in [5.74, 6) is 1.74. The topological polar surface area (TPSA) is 24.9 Å². The maximum absolute atomic E-state index is 4.15. The van der Waals surface area contributed by atoms with Crippen molar-refractivity contribution >= 4 is 0 Å². The number of nitrogens with one attached hydrogen (secondary N) is 1. The predicted molar refractivity (Wildman–Crippen MR) is 76.4 cm³/mol. The van der Waals surface area contributed by atoms with Crippen LogP contribution in [0.2, 0.25) is 0 Å². The van der Waals surface area contributed by atoms with E-state index in [-0.39, 0.29) is 0 Å². The predicted octanol–water partition coefficient (Wildman–Crippen LogP) is 3.69. The molecule has 0 aliphatic heterocycles. The molecule has 100 valence electrons. The van der Waals surface area contributed by atoms with Crippen LogP contribution in [0.25, 0.3) is 0 Å². The van der Waals surface area contributed by atoms with Crippen molar-refractivity contribution in [3.05, 3.63) is 29.6 Å². The lowest BCUT2D eigenvalue weighted by atomic mass is 9.79. The minimum atomic E-state index is 0.707. The number of nitrogens with zero attached hydrogens (tertiary/aromatic N) is 1. The second-order valence-corrected chi connectivity index (χ2v) is 6.05. The first-order chi connectivity index (χ1) is 8.66. The third-order valence-corrected chi connectivity index (χ3v) is 4.38. The third kappa shape index (κ3) is 3.55.